The average molecular weight is 348 g/mol. The highest BCUT2D eigenvalue weighted by Gasteiger charge is 2.55. The molecule has 2 fully saturated rings. The van der Waals surface area contributed by atoms with Crippen LogP contribution in [0, 0.1) is 11.2 Å². The molecule has 2 heterocycles. The number of aromatic amines is 1. The molecule has 1 aromatic heterocycles. The Morgan fingerprint density at radius 3 is 2.88 bits per heavy atom. The summed E-state index contributed by atoms with van der Waals surface area (Å²) in [6.45, 7) is 1.19. The van der Waals surface area contributed by atoms with Gasteiger partial charge in [0.25, 0.3) is 5.91 Å². The number of rotatable bonds is 3. The summed E-state index contributed by atoms with van der Waals surface area (Å²) >= 11 is 0. The minimum atomic E-state index is -0.435. The number of methoxy groups -OCH3 is 1. The number of nitrogens with one attached hydrogen (secondary N) is 2. The fraction of sp³-hybridized carbons (Fsp3) is 0.500. The zero-order valence-corrected chi connectivity index (χ0v) is 14.0. The fourth-order valence-corrected chi connectivity index (χ4v) is 4.10. The lowest BCUT2D eigenvalue weighted by molar-refractivity contribution is -0.145. The summed E-state index contributed by atoms with van der Waals surface area (Å²) in [6.07, 6.45) is 1.58. The minimum Gasteiger partial charge on any atom is -0.496 e. The smallest absolute Gasteiger partial charge is 0.267 e. The number of benzene rings is 1. The van der Waals surface area contributed by atoms with Crippen molar-refractivity contribution in [1.29, 1.82) is 0 Å². The van der Waals surface area contributed by atoms with Gasteiger partial charge in [-0.25, -0.2) is 4.39 Å². The van der Waals surface area contributed by atoms with Crippen molar-refractivity contribution in [2.24, 2.45) is 5.41 Å². The third kappa shape index (κ3) is 2.49. The number of aliphatic hydroxyl groups excluding tert-OH is 1. The van der Waals surface area contributed by atoms with Gasteiger partial charge in [0.15, 0.2) is 0 Å². The molecule has 4 rings (SSSR count). The van der Waals surface area contributed by atoms with E-state index in [1.807, 2.05) is 0 Å². The normalized spacial score (nSPS) is 24.9. The third-order valence-electron chi connectivity index (χ3n) is 5.71. The first-order valence-corrected chi connectivity index (χ1v) is 8.47. The number of halogens is 1. The molecule has 2 aromatic rings. The number of aromatic nitrogens is 1. The summed E-state index contributed by atoms with van der Waals surface area (Å²) in [5, 5.41) is 13.7. The number of hydrogen-bond donors (Lipinski definition) is 3. The number of fused-ring (bicyclic) bond motifs is 1. The van der Waals surface area contributed by atoms with Crippen LogP contribution >= 0.6 is 0 Å². The van der Waals surface area contributed by atoms with E-state index >= 15 is 0 Å². The van der Waals surface area contributed by atoms with Crippen LogP contribution in [-0.4, -0.2) is 48.5 Å². The van der Waals surface area contributed by atoms with E-state index < -0.39 is 11.9 Å². The molecule has 6 nitrogen and oxygen atoms in total. The summed E-state index contributed by atoms with van der Waals surface area (Å²) in [5.41, 5.74) is 0.226. The number of ether oxygens (including phenoxy) is 2. The van der Waals surface area contributed by atoms with Crippen molar-refractivity contribution in [3.8, 4) is 5.75 Å². The van der Waals surface area contributed by atoms with Gasteiger partial charge in [0.1, 0.15) is 17.3 Å². The zero-order chi connectivity index (χ0) is 17.6. The quantitative estimate of drug-likeness (QED) is 0.792. The Hall–Kier alpha value is -2.12. The average Bonchev–Trinajstić information content (AvgIpc) is 3.09. The van der Waals surface area contributed by atoms with E-state index in [2.05, 4.69) is 10.3 Å². The zero-order valence-electron chi connectivity index (χ0n) is 14.0. The molecule has 7 heteroatoms. The molecule has 25 heavy (non-hydrogen) atoms. The molecule has 3 N–H and O–H groups in total. The molecule has 1 saturated heterocycles. The minimum absolute atomic E-state index is 0.0999. The van der Waals surface area contributed by atoms with Crippen LogP contribution in [-0.2, 0) is 4.74 Å². The van der Waals surface area contributed by atoms with E-state index in [1.54, 1.807) is 6.07 Å². The first kappa shape index (κ1) is 16.4. The van der Waals surface area contributed by atoms with Gasteiger partial charge >= 0.3 is 0 Å². The third-order valence-corrected chi connectivity index (χ3v) is 5.71. The molecule has 0 unspecified atom stereocenters. The van der Waals surface area contributed by atoms with Gasteiger partial charge in [-0.05, 0) is 37.5 Å². The van der Waals surface area contributed by atoms with Crippen LogP contribution in [0.15, 0.2) is 18.2 Å². The molecular weight excluding hydrogens is 327 g/mol. The van der Waals surface area contributed by atoms with Crippen molar-refractivity contribution in [2.75, 3.05) is 20.3 Å². The van der Waals surface area contributed by atoms with Crippen molar-refractivity contribution < 1.29 is 23.8 Å². The van der Waals surface area contributed by atoms with Crippen LogP contribution in [0.3, 0.4) is 0 Å². The molecule has 2 atom stereocenters. The molecule has 0 bridgehead atoms. The molecule has 1 aliphatic carbocycles. The molecule has 1 aromatic carbocycles. The number of carbonyl (C=O) groups is 1. The first-order valence-electron chi connectivity index (χ1n) is 8.47. The second-order valence-electron chi connectivity index (χ2n) is 6.84. The second-order valence-corrected chi connectivity index (χ2v) is 6.84. The van der Waals surface area contributed by atoms with Gasteiger partial charge in [-0.1, -0.05) is 0 Å². The fourth-order valence-electron chi connectivity index (χ4n) is 4.10. The van der Waals surface area contributed by atoms with Crippen molar-refractivity contribution in [3.63, 3.8) is 0 Å². The standard InChI is InChI=1S/C18H21FN2O4/c1-24-13-3-2-11(19)16-10(13)8-12(20-16)17(23)21-14-9-15(22)18(14)4-6-25-7-5-18/h2-3,8,14-15,20,22H,4-7,9H2,1H3,(H,21,23)/t14-,15-/m1/s1. The van der Waals surface area contributed by atoms with Gasteiger partial charge < -0.3 is 24.9 Å². The van der Waals surface area contributed by atoms with Gasteiger partial charge in [-0.2, -0.15) is 0 Å². The molecule has 2 aliphatic rings. The Kier molecular flexibility index (Phi) is 3.92. The Balaban J connectivity index is 1.57. The number of hydrogen-bond acceptors (Lipinski definition) is 4. The summed E-state index contributed by atoms with van der Waals surface area (Å²) in [6, 6.07) is 4.33. The lowest BCUT2D eigenvalue weighted by Crippen LogP contribution is -2.65. The van der Waals surface area contributed by atoms with Crippen molar-refractivity contribution in [1.82, 2.24) is 10.3 Å². The predicted octanol–water partition coefficient (Wildman–Crippen LogP) is 1.98. The number of amides is 1. The molecule has 0 radical (unpaired) electrons. The Morgan fingerprint density at radius 2 is 2.20 bits per heavy atom. The van der Waals surface area contributed by atoms with Gasteiger partial charge in [0.05, 0.1) is 18.7 Å². The molecule has 1 saturated carbocycles. The SMILES string of the molecule is COc1ccc(F)c2[nH]c(C(=O)N[C@@H]3C[C@@H](O)C34CCOCC4)cc12. The van der Waals surface area contributed by atoms with E-state index in [-0.39, 0.29) is 28.6 Å². The lowest BCUT2D eigenvalue weighted by Gasteiger charge is -2.55. The number of aliphatic hydroxyl groups is 1. The van der Waals surface area contributed by atoms with Crippen molar-refractivity contribution >= 4 is 16.8 Å². The maximum absolute atomic E-state index is 14.0. The Morgan fingerprint density at radius 1 is 1.44 bits per heavy atom. The van der Waals surface area contributed by atoms with Crippen LogP contribution in [0.1, 0.15) is 29.8 Å². The largest absolute Gasteiger partial charge is 0.496 e. The molecule has 1 aliphatic heterocycles. The summed E-state index contributed by atoms with van der Waals surface area (Å²) in [4.78, 5) is 15.5. The maximum Gasteiger partial charge on any atom is 0.267 e. The van der Waals surface area contributed by atoms with Crippen molar-refractivity contribution in [3.05, 3.63) is 29.7 Å². The summed E-state index contributed by atoms with van der Waals surface area (Å²) in [5.74, 6) is -0.234. The van der Waals surface area contributed by atoms with Crippen molar-refractivity contribution in [2.45, 2.75) is 31.4 Å². The van der Waals surface area contributed by atoms with Gasteiger partial charge in [-0.3, -0.25) is 4.79 Å². The Labute approximate surface area is 144 Å². The van der Waals surface area contributed by atoms with Gasteiger partial charge in [0.2, 0.25) is 0 Å². The predicted molar refractivity (Wildman–Crippen MR) is 89.2 cm³/mol. The van der Waals surface area contributed by atoms with Gasteiger partial charge in [-0.15, -0.1) is 0 Å². The van der Waals surface area contributed by atoms with Crippen LogP contribution < -0.4 is 10.1 Å². The first-order chi connectivity index (χ1) is 12.0. The number of carbonyl (C=O) groups excluding carboxylic acids is 1. The van der Waals surface area contributed by atoms with E-state index in [4.69, 9.17) is 9.47 Å². The van der Waals surface area contributed by atoms with Crippen LogP contribution in [0.5, 0.6) is 5.75 Å². The van der Waals surface area contributed by atoms with Crippen LogP contribution in [0.25, 0.3) is 10.9 Å². The second kappa shape index (κ2) is 6.00. The molecule has 1 spiro atoms. The Bertz CT molecular complexity index is 813. The van der Waals surface area contributed by atoms with E-state index in [0.29, 0.717) is 30.8 Å². The summed E-state index contributed by atoms with van der Waals surface area (Å²) in [7, 11) is 1.50. The highest BCUT2D eigenvalue weighted by Crippen LogP contribution is 2.49. The van der Waals surface area contributed by atoms with Crippen LogP contribution in [0.4, 0.5) is 4.39 Å². The maximum atomic E-state index is 14.0. The molecule has 134 valence electrons. The highest BCUT2D eigenvalue weighted by molar-refractivity contribution is 6.00. The van der Waals surface area contributed by atoms with E-state index in [0.717, 1.165) is 12.8 Å². The molecular formula is C18H21FN2O4. The number of H-pyrrole nitrogens is 1. The summed E-state index contributed by atoms with van der Waals surface area (Å²) < 4.78 is 24.6. The van der Waals surface area contributed by atoms with Gasteiger partial charge in [0, 0.05) is 30.1 Å². The van der Waals surface area contributed by atoms with Crippen LogP contribution in [0.2, 0.25) is 0 Å². The van der Waals surface area contributed by atoms with E-state index in [9.17, 15) is 14.3 Å². The van der Waals surface area contributed by atoms with E-state index in [1.165, 1.54) is 19.2 Å². The lowest BCUT2D eigenvalue weighted by atomic mass is 9.58. The monoisotopic (exact) mass is 348 g/mol. The highest BCUT2D eigenvalue weighted by atomic mass is 19.1. The topological polar surface area (TPSA) is 83.6 Å². The molecule has 1 amide bonds.